The molecule has 4 aromatic carbocycles. The van der Waals surface area contributed by atoms with E-state index in [2.05, 4.69) is 135 Å². The van der Waals surface area contributed by atoms with Gasteiger partial charge in [0.25, 0.3) is 0 Å². The number of furan rings is 1. The largest absolute Gasteiger partial charge is 0.433 e. The summed E-state index contributed by atoms with van der Waals surface area (Å²) in [5.41, 5.74) is 6.58. The summed E-state index contributed by atoms with van der Waals surface area (Å²) in [6.45, 7) is 6.81. The van der Waals surface area contributed by atoms with Gasteiger partial charge in [-0.2, -0.15) is 4.58 Å². The van der Waals surface area contributed by atoms with Crippen molar-refractivity contribution in [1.82, 2.24) is 0 Å². The highest BCUT2D eigenvalue weighted by atomic mass is 16.6. The lowest BCUT2D eigenvalue weighted by molar-refractivity contribution is -0.402. The zero-order valence-electron chi connectivity index (χ0n) is 25.1. The second-order valence-corrected chi connectivity index (χ2v) is 12.4. The van der Waals surface area contributed by atoms with E-state index in [0.29, 0.717) is 12.2 Å². The Kier molecular flexibility index (Phi) is 5.96. The highest BCUT2D eigenvalue weighted by molar-refractivity contribution is 6.07. The van der Waals surface area contributed by atoms with E-state index in [1.807, 2.05) is 0 Å². The number of hydrogen-bond acceptors (Lipinski definition) is 4. The minimum Gasteiger partial charge on any atom is -0.406 e. The number of nitro groups is 1. The van der Waals surface area contributed by atoms with E-state index >= 15 is 0 Å². The quantitative estimate of drug-likeness (QED) is 0.121. The Balaban J connectivity index is 1.34. The molecular weight excluding hydrogens is 534 g/mol. The lowest BCUT2D eigenvalue weighted by Crippen LogP contribution is -2.29. The van der Waals surface area contributed by atoms with Gasteiger partial charge in [0, 0.05) is 48.0 Å². The Morgan fingerprint density at radius 2 is 1.53 bits per heavy atom. The molecule has 214 valence electrons. The first-order valence-corrected chi connectivity index (χ1v) is 14.6. The monoisotopic (exact) mass is 568 g/mol. The van der Waals surface area contributed by atoms with Gasteiger partial charge in [0.1, 0.15) is 17.7 Å². The van der Waals surface area contributed by atoms with Crippen molar-refractivity contribution in [2.75, 3.05) is 19.0 Å². The fraction of sp³-hybridized carbons (Fsp3) is 0.216. The fourth-order valence-corrected chi connectivity index (χ4v) is 7.55. The van der Waals surface area contributed by atoms with E-state index in [4.69, 9.17) is 4.42 Å². The van der Waals surface area contributed by atoms with Gasteiger partial charge in [0.15, 0.2) is 5.71 Å². The minimum atomic E-state index is -0.484. The molecule has 2 aliphatic heterocycles. The number of rotatable bonds is 5. The van der Waals surface area contributed by atoms with Crippen LogP contribution in [0.1, 0.15) is 37.7 Å². The van der Waals surface area contributed by atoms with Gasteiger partial charge < -0.3 is 9.32 Å². The van der Waals surface area contributed by atoms with Gasteiger partial charge >= 0.3 is 5.88 Å². The van der Waals surface area contributed by atoms with Crippen molar-refractivity contribution in [3.63, 3.8) is 0 Å². The van der Waals surface area contributed by atoms with E-state index in [-0.39, 0.29) is 11.3 Å². The molecule has 0 radical (unpaired) electrons. The summed E-state index contributed by atoms with van der Waals surface area (Å²) in [6, 6.07) is 29.0. The Bertz CT molecular complexity index is 2060. The van der Waals surface area contributed by atoms with Crippen LogP contribution in [0.3, 0.4) is 0 Å². The van der Waals surface area contributed by atoms with Crippen LogP contribution in [0.15, 0.2) is 113 Å². The summed E-state index contributed by atoms with van der Waals surface area (Å²) >= 11 is 0. The summed E-state index contributed by atoms with van der Waals surface area (Å²) in [6.07, 6.45) is 7.08. The Hall–Kier alpha value is -4.97. The van der Waals surface area contributed by atoms with Gasteiger partial charge in [-0.25, -0.2) is 0 Å². The van der Waals surface area contributed by atoms with Crippen LogP contribution in [-0.4, -0.2) is 29.3 Å². The molecule has 1 unspecified atom stereocenters. The number of allylic oxidation sites excluding steroid dienone is 4. The molecule has 6 nitrogen and oxygen atoms in total. The second kappa shape index (κ2) is 9.53. The third-order valence-electron chi connectivity index (χ3n) is 9.51. The van der Waals surface area contributed by atoms with Gasteiger partial charge in [-0.1, -0.05) is 60.7 Å². The van der Waals surface area contributed by atoms with Crippen molar-refractivity contribution in [3.8, 4) is 0 Å². The van der Waals surface area contributed by atoms with E-state index in [9.17, 15) is 10.1 Å². The summed E-state index contributed by atoms with van der Waals surface area (Å²) in [4.78, 5) is 13.2. The molecule has 1 aromatic heterocycles. The standard InChI is InChI=1S/C37H34N3O3/c1-36(2)31(38(4)29-20-17-24-11-6-8-13-27(24)34(29)36)15-10-16-32-37(3,23-26-19-22-33(43-26)40(41)42)35-28-14-9-7-12-25(28)18-21-30(35)39(32)5/h6-22H,23H2,1-5H3/q+1. The van der Waals surface area contributed by atoms with E-state index in [1.165, 1.54) is 44.8 Å². The maximum absolute atomic E-state index is 11.4. The summed E-state index contributed by atoms with van der Waals surface area (Å²) < 4.78 is 8.01. The second-order valence-electron chi connectivity index (χ2n) is 12.4. The number of anilines is 1. The number of nitrogens with zero attached hydrogens (tertiary/aromatic N) is 3. The van der Waals surface area contributed by atoms with E-state index in [0.717, 1.165) is 16.8 Å². The van der Waals surface area contributed by atoms with Crippen molar-refractivity contribution in [2.24, 2.45) is 0 Å². The molecule has 0 bridgehead atoms. The molecule has 7 rings (SSSR count). The highest BCUT2D eigenvalue weighted by Gasteiger charge is 2.46. The molecule has 0 saturated carbocycles. The molecule has 2 aliphatic rings. The molecule has 5 aromatic rings. The van der Waals surface area contributed by atoms with Gasteiger partial charge in [0.05, 0.1) is 11.5 Å². The van der Waals surface area contributed by atoms with Crippen molar-refractivity contribution in [3.05, 3.63) is 136 Å². The third-order valence-corrected chi connectivity index (χ3v) is 9.51. The lowest BCUT2D eigenvalue weighted by Gasteiger charge is -2.28. The molecule has 0 amide bonds. The molecule has 3 heterocycles. The summed E-state index contributed by atoms with van der Waals surface area (Å²) in [5.74, 6) is 0.357. The van der Waals surface area contributed by atoms with Crippen LogP contribution >= 0.6 is 0 Å². The Morgan fingerprint density at radius 3 is 2.21 bits per heavy atom. The van der Waals surface area contributed by atoms with Gasteiger partial charge in [-0.05, 0) is 72.2 Å². The fourth-order valence-electron chi connectivity index (χ4n) is 7.55. The predicted octanol–water partition coefficient (Wildman–Crippen LogP) is 8.59. The zero-order chi connectivity index (χ0) is 30.1. The molecule has 0 N–H and O–H groups in total. The topological polar surface area (TPSA) is 62.5 Å². The van der Waals surface area contributed by atoms with Crippen molar-refractivity contribution < 1.29 is 13.9 Å². The van der Waals surface area contributed by atoms with Crippen molar-refractivity contribution >= 4 is 44.5 Å². The van der Waals surface area contributed by atoms with Crippen LogP contribution in [0.25, 0.3) is 21.5 Å². The van der Waals surface area contributed by atoms with Crippen LogP contribution < -0.4 is 4.90 Å². The molecule has 6 heteroatoms. The number of hydrogen-bond donors (Lipinski definition) is 0. The van der Waals surface area contributed by atoms with Crippen LogP contribution in [0.4, 0.5) is 17.3 Å². The van der Waals surface area contributed by atoms with Crippen molar-refractivity contribution in [2.45, 2.75) is 38.0 Å². The van der Waals surface area contributed by atoms with E-state index < -0.39 is 10.3 Å². The first-order valence-electron chi connectivity index (χ1n) is 14.6. The lowest BCUT2D eigenvalue weighted by atomic mass is 9.75. The molecule has 43 heavy (non-hydrogen) atoms. The Labute approximate surface area is 251 Å². The zero-order valence-corrected chi connectivity index (χ0v) is 25.1. The maximum atomic E-state index is 11.4. The predicted molar refractivity (Wildman–Crippen MR) is 174 cm³/mol. The average Bonchev–Trinajstić information content (AvgIpc) is 3.60. The normalized spacial score (nSPS) is 20.1. The summed E-state index contributed by atoms with van der Waals surface area (Å²) in [7, 11) is 4.25. The van der Waals surface area contributed by atoms with Crippen LogP contribution in [-0.2, 0) is 17.3 Å². The smallest absolute Gasteiger partial charge is 0.406 e. The van der Waals surface area contributed by atoms with E-state index in [1.54, 1.807) is 6.07 Å². The van der Waals surface area contributed by atoms with Gasteiger partial charge in [-0.15, -0.1) is 0 Å². The molecular formula is C37H34N3O3+. The first kappa shape index (κ1) is 26.9. The molecule has 0 saturated heterocycles. The summed E-state index contributed by atoms with van der Waals surface area (Å²) in [5, 5.41) is 16.3. The number of likely N-dealkylation sites (N-methyl/N-ethyl adjacent to an activating group) is 1. The van der Waals surface area contributed by atoms with Crippen LogP contribution in [0.5, 0.6) is 0 Å². The number of benzene rings is 4. The van der Waals surface area contributed by atoms with Crippen LogP contribution in [0.2, 0.25) is 0 Å². The maximum Gasteiger partial charge on any atom is 0.433 e. The SMILES string of the molecule is CN1/C(=C/C=C/C2=[N+](C)c3ccc4ccccc4c3C2(C)C)C(C)(Cc2ccc([N+](=O)[O-])o2)c2c1ccc1ccccc21. The minimum absolute atomic E-state index is 0.183. The Morgan fingerprint density at radius 1 is 0.884 bits per heavy atom. The highest BCUT2D eigenvalue weighted by Crippen LogP contribution is 2.52. The first-order chi connectivity index (χ1) is 20.6. The molecule has 1 atom stereocenters. The molecule has 0 fully saturated rings. The molecule has 0 aliphatic carbocycles. The average molecular weight is 569 g/mol. The van der Waals surface area contributed by atoms with Crippen LogP contribution in [0, 0.1) is 10.1 Å². The number of fused-ring (bicyclic) bond motifs is 6. The van der Waals surface area contributed by atoms with Gasteiger partial charge in [0.2, 0.25) is 5.69 Å². The van der Waals surface area contributed by atoms with Crippen molar-refractivity contribution in [1.29, 1.82) is 0 Å². The molecule has 0 spiro atoms. The van der Waals surface area contributed by atoms with Gasteiger partial charge in [-0.3, -0.25) is 10.1 Å². The third kappa shape index (κ3) is 3.97.